The highest BCUT2D eigenvalue weighted by Gasteiger charge is 2.26. The number of nitrogens with zero attached hydrogens (tertiary/aromatic N) is 2. The minimum absolute atomic E-state index is 0.100. The van der Waals surface area contributed by atoms with E-state index < -0.39 is 5.97 Å². The lowest BCUT2D eigenvalue weighted by Crippen LogP contribution is -2.15. The summed E-state index contributed by atoms with van der Waals surface area (Å²) in [5.41, 5.74) is 2.06. The summed E-state index contributed by atoms with van der Waals surface area (Å²) in [5.74, 6) is -0.552. The van der Waals surface area contributed by atoms with Gasteiger partial charge in [0.2, 0.25) is 5.13 Å². The monoisotopic (exact) mass is 380 g/mol. The third kappa shape index (κ3) is 4.29. The lowest BCUT2D eigenvalue weighted by atomic mass is 10.1. The molecule has 0 saturated carbocycles. The number of aryl methyl sites for hydroxylation is 1. The summed E-state index contributed by atoms with van der Waals surface area (Å²) in [6, 6.07) is 0. The first kappa shape index (κ1) is 19.2. The van der Waals surface area contributed by atoms with E-state index in [1.54, 1.807) is 26.8 Å². The van der Waals surface area contributed by atoms with E-state index in [0.29, 0.717) is 38.5 Å². The van der Waals surface area contributed by atoms with Gasteiger partial charge in [0.25, 0.3) is 0 Å². The molecule has 25 heavy (non-hydrogen) atoms. The van der Waals surface area contributed by atoms with Crippen molar-refractivity contribution in [1.29, 1.82) is 0 Å². The van der Waals surface area contributed by atoms with Crippen LogP contribution >= 0.6 is 23.1 Å². The number of thioether (sulfide) groups is 1. The van der Waals surface area contributed by atoms with E-state index in [1.807, 2.05) is 0 Å². The maximum atomic E-state index is 12.7. The molecule has 2 aromatic heterocycles. The SMILES string of the molecule is C=CCNc1nnc(S[C@@H](C)C(=O)c2[nH]c(C)c(C(=O)OC)c2C)s1. The lowest BCUT2D eigenvalue weighted by Gasteiger charge is -2.07. The number of aromatic amines is 1. The molecule has 2 aromatic rings. The number of carbonyl (C=O) groups excluding carboxylic acids is 2. The maximum absolute atomic E-state index is 12.7. The van der Waals surface area contributed by atoms with Crippen LogP contribution in [0.4, 0.5) is 5.13 Å². The Labute approximate surface area is 154 Å². The molecule has 9 heteroatoms. The van der Waals surface area contributed by atoms with E-state index in [4.69, 9.17) is 4.74 Å². The summed E-state index contributed by atoms with van der Waals surface area (Å²) in [7, 11) is 1.32. The molecular formula is C16H20N4O3S2. The molecule has 2 heterocycles. The number of Topliss-reactive ketones (excluding diaryl/α,β-unsaturated/α-hetero) is 1. The predicted molar refractivity (Wildman–Crippen MR) is 99.9 cm³/mol. The number of methoxy groups -OCH3 is 1. The Hall–Kier alpha value is -2.13. The van der Waals surface area contributed by atoms with Gasteiger partial charge in [0.05, 0.1) is 23.6 Å². The third-order valence-electron chi connectivity index (χ3n) is 3.52. The fourth-order valence-corrected chi connectivity index (χ4v) is 4.26. The molecule has 0 saturated heterocycles. The predicted octanol–water partition coefficient (Wildman–Crippen LogP) is 3.23. The number of carbonyl (C=O) groups is 2. The molecule has 0 spiro atoms. The van der Waals surface area contributed by atoms with Gasteiger partial charge in [0.1, 0.15) is 0 Å². The van der Waals surface area contributed by atoms with Crippen LogP contribution in [0.2, 0.25) is 0 Å². The van der Waals surface area contributed by atoms with Crippen molar-refractivity contribution in [3.63, 3.8) is 0 Å². The van der Waals surface area contributed by atoms with Crippen molar-refractivity contribution in [3.8, 4) is 0 Å². The third-order valence-corrected chi connectivity index (χ3v) is 5.59. The topological polar surface area (TPSA) is 97.0 Å². The lowest BCUT2D eigenvalue weighted by molar-refractivity contribution is 0.0599. The van der Waals surface area contributed by atoms with Crippen LogP contribution in [0, 0.1) is 13.8 Å². The van der Waals surface area contributed by atoms with Crippen LogP contribution in [-0.4, -0.2) is 45.8 Å². The molecule has 1 atom stereocenters. The van der Waals surface area contributed by atoms with Gasteiger partial charge in [0, 0.05) is 12.2 Å². The van der Waals surface area contributed by atoms with Crippen molar-refractivity contribution in [1.82, 2.24) is 15.2 Å². The molecule has 7 nitrogen and oxygen atoms in total. The molecule has 0 bridgehead atoms. The van der Waals surface area contributed by atoms with Gasteiger partial charge in [-0.3, -0.25) is 4.79 Å². The van der Waals surface area contributed by atoms with Gasteiger partial charge in [-0.05, 0) is 26.3 Å². The Morgan fingerprint density at radius 3 is 2.80 bits per heavy atom. The number of hydrogen-bond donors (Lipinski definition) is 2. The molecule has 0 aliphatic heterocycles. The van der Waals surface area contributed by atoms with E-state index in [9.17, 15) is 9.59 Å². The number of nitrogens with one attached hydrogen (secondary N) is 2. The number of ketones is 1. The Bertz CT molecular complexity index is 797. The molecule has 2 N–H and O–H groups in total. The first-order chi connectivity index (χ1) is 11.9. The van der Waals surface area contributed by atoms with E-state index in [2.05, 4.69) is 27.1 Å². The highest BCUT2D eigenvalue weighted by Crippen LogP contribution is 2.31. The van der Waals surface area contributed by atoms with Gasteiger partial charge in [-0.25, -0.2) is 4.79 Å². The Kier molecular flexibility index (Phi) is 6.38. The fraction of sp³-hybridized carbons (Fsp3) is 0.375. The molecular weight excluding hydrogens is 360 g/mol. The van der Waals surface area contributed by atoms with Crippen LogP contribution in [0.1, 0.15) is 39.0 Å². The number of H-pyrrole nitrogens is 1. The second-order valence-corrected chi connectivity index (χ2v) is 7.85. The van der Waals surface area contributed by atoms with Crippen molar-refractivity contribution >= 4 is 40.0 Å². The molecule has 0 aliphatic carbocycles. The number of ether oxygens (including phenoxy) is 1. The molecule has 0 aromatic carbocycles. The van der Waals surface area contributed by atoms with Crippen LogP contribution in [0.15, 0.2) is 17.0 Å². The van der Waals surface area contributed by atoms with Gasteiger partial charge >= 0.3 is 5.97 Å². The second-order valence-electron chi connectivity index (χ2n) is 5.28. The van der Waals surface area contributed by atoms with Crippen molar-refractivity contribution in [2.24, 2.45) is 0 Å². The van der Waals surface area contributed by atoms with Crippen LogP contribution in [-0.2, 0) is 4.74 Å². The molecule has 0 aliphatic rings. The van der Waals surface area contributed by atoms with Crippen molar-refractivity contribution in [2.45, 2.75) is 30.4 Å². The van der Waals surface area contributed by atoms with Crippen molar-refractivity contribution in [3.05, 3.63) is 35.2 Å². The molecule has 2 rings (SSSR count). The summed E-state index contributed by atoms with van der Waals surface area (Å²) < 4.78 is 5.47. The quantitative estimate of drug-likeness (QED) is 0.314. The zero-order valence-corrected chi connectivity index (χ0v) is 16.1. The number of esters is 1. The number of hydrogen-bond acceptors (Lipinski definition) is 8. The average Bonchev–Trinajstić information content (AvgIpc) is 3.15. The summed E-state index contributed by atoms with van der Waals surface area (Å²) >= 11 is 2.71. The molecule has 0 unspecified atom stereocenters. The van der Waals surface area contributed by atoms with Gasteiger partial charge in [-0.1, -0.05) is 29.2 Å². The van der Waals surface area contributed by atoms with Gasteiger partial charge in [-0.15, -0.1) is 16.8 Å². The van der Waals surface area contributed by atoms with Crippen molar-refractivity contribution in [2.75, 3.05) is 19.0 Å². The van der Waals surface area contributed by atoms with E-state index in [0.717, 1.165) is 0 Å². The smallest absolute Gasteiger partial charge is 0.339 e. The molecule has 0 fully saturated rings. The highest BCUT2D eigenvalue weighted by molar-refractivity contribution is 8.02. The van der Waals surface area contributed by atoms with Crippen LogP contribution < -0.4 is 5.32 Å². The Balaban J connectivity index is 2.13. The molecule has 0 amide bonds. The maximum Gasteiger partial charge on any atom is 0.339 e. The molecule has 134 valence electrons. The summed E-state index contributed by atoms with van der Waals surface area (Å²) in [4.78, 5) is 27.6. The second kappa shape index (κ2) is 8.30. The average molecular weight is 380 g/mol. The normalized spacial score (nSPS) is 11.8. The van der Waals surface area contributed by atoms with Crippen LogP contribution in [0.3, 0.4) is 0 Å². The van der Waals surface area contributed by atoms with E-state index >= 15 is 0 Å². The zero-order chi connectivity index (χ0) is 18.6. The highest BCUT2D eigenvalue weighted by atomic mass is 32.2. The minimum Gasteiger partial charge on any atom is -0.465 e. The largest absolute Gasteiger partial charge is 0.465 e. The standard InChI is InChI=1S/C16H20N4O3S2/c1-6-7-17-15-19-20-16(25-15)24-10(4)13(21)12-8(2)11(9(3)18-12)14(22)23-5/h6,10,18H,1,7H2,2-5H3,(H,17,19)/t10-/m0/s1. The molecule has 0 radical (unpaired) electrons. The van der Waals surface area contributed by atoms with Gasteiger partial charge in [-0.2, -0.15) is 0 Å². The van der Waals surface area contributed by atoms with Gasteiger partial charge in [0.15, 0.2) is 10.1 Å². The number of anilines is 1. The van der Waals surface area contributed by atoms with Gasteiger partial charge < -0.3 is 15.0 Å². The van der Waals surface area contributed by atoms with Crippen molar-refractivity contribution < 1.29 is 14.3 Å². The summed E-state index contributed by atoms with van der Waals surface area (Å²) in [5, 5.41) is 11.5. The zero-order valence-electron chi connectivity index (χ0n) is 14.5. The summed E-state index contributed by atoms with van der Waals surface area (Å²) in [6.45, 7) is 9.52. The first-order valence-electron chi connectivity index (χ1n) is 7.55. The van der Waals surface area contributed by atoms with E-state index in [1.165, 1.54) is 30.2 Å². The van der Waals surface area contributed by atoms with Crippen LogP contribution in [0.5, 0.6) is 0 Å². The fourth-order valence-electron chi connectivity index (χ4n) is 2.30. The van der Waals surface area contributed by atoms with E-state index in [-0.39, 0.29) is 11.0 Å². The minimum atomic E-state index is -0.451. The number of aromatic nitrogens is 3. The first-order valence-corrected chi connectivity index (χ1v) is 9.25. The van der Waals surface area contributed by atoms with Crippen LogP contribution in [0.25, 0.3) is 0 Å². The Morgan fingerprint density at radius 2 is 2.16 bits per heavy atom. The Morgan fingerprint density at radius 1 is 1.44 bits per heavy atom. The number of rotatable bonds is 8. The summed E-state index contributed by atoms with van der Waals surface area (Å²) in [6.07, 6.45) is 1.73.